The van der Waals surface area contributed by atoms with Gasteiger partial charge in [-0.2, -0.15) is 0 Å². The summed E-state index contributed by atoms with van der Waals surface area (Å²) in [6, 6.07) is 44.3. The first-order valence-corrected chi connectivity index (χ1v) is 16.6. The number of hydrogen-bond donors (Lipinski definition) is 0. The monoisotopic (exact) mass is 618 g/mol. The maximum absolute atomic E-state index is 6.57. The van der Waals surface area contributed by atoms with E-state index >= 15 is 0 Å². The van der Waals surface area contributed by atoms with Crippen LogP contribution >= 0.6 is 0 Å². The molecule has 0 bridgehead atoms. The minimum Gasteiger partial charge on any atom is -0.492 e. The smallest absolute Gasteiger partial charge is 0.127 e. The van der Waals surface area contributed by atoms with Crippen LogP contribution < -0.4 is 9.47 Å². The Morgan fingerprint density at radius 3 is 1.26 bits per heavy atom. The number of rotatable bonds is 8. The zero-order chi connectivity index (χ0) is 31.6. The minimum absolute atomic E-state index is 0.0517. The summed E-state index contributed by atoms with van der Waals surface area (Å²) >= 11 is 0. The normalized spacial score (nSPS) is 18.2. The van der Waals surface area contributed by atoms with Crippen LogP contribution in [0, 0.1) is 10.8 Å². The lowest BCUT2D eigenvalue weighted by atomic mass is 9.65. The molecule has 47 heavy (non-hydrogen) atoms. The molecule has 2 aliphatic heterocycles. The van der Waals surface area contributed by atoms with Crippen molar-refractivity contribution in [2.45, 2.75) is 19.3 Å². The highest BCUT2D eigenvalue weighted by atomic mass is 16.5. The van der Waals surface area contributed by atoms with Gasteiger partial charge in [-0.15, -0.1) is 0 Å². The molecule has 6 aromatic rings. The maximum atomic E-state index is 6.57. The number of hydrogen-bond acceptors (Lipinski definition) is 4. The second-order valence-electron chi connectivity index (χ2n) is 14.3. The van der Waals surface area contributed by atoms with Crippen LogP contribution in [0.25, 0.3) is 32.7 Å². The lowest BCUT2D eigenvalue weighted by Gasteiger charge is -2.38. The molecule has 4 nitrogen and oxygen atoms in total. The molecule has 3 aliphatic rings. The summed E-state index contributed by atoms with van der Waals surface area (Å²) in [6.45, 7) is 8.66. The fourth-order valence-electron chi connectivity index (χ4n) is 8.00. The Bertz CT molecular complexity index is 2000. The predicted molar refractivity (Wildman–Crippen MR) is 188 cm³/mol. The third-order valence-corrected chi connectivity index (χ3v) is 10.5. The molecule has 0 radical (unpaired) electrons. The molecule has 0 aromatic heterocycles. The SMILES string of the molecule is CC1(COc2cccc3c(C4(c5cccc6c(OCC7(C)COC7)cccc56)c5ccccc5-c5ccccc54)cccc23)COC1. The van der Waals surface area contributed by atoms with Crippen molar-refractivity contribution in [2.24, 2.45) is 10.8 Å². The van der Waals surface area contributed by atoms with E-state index in [-0.39, 0.29) is 10.8 Å². The van der Waals surface area contributed by atoms with Crippen LogP contribution in [0.3, 0.4) is 0 Å². The van der Waals surface area contributed by atoms with E-state index in [4.69, 9.17) is 18.9 Å². The van der Waals surface area contributed by atoms with Crippen molar-refractivity contribution in [3.63, 3.8) is 0 Å². The zero-order valence-electron chi connectivity index (χ0n) is 26.9. The second-order valence-corrected chi connectivity index (χ2v) is 14.3. The Hall–Kier alpha value is -4.64. The lowest BCUT2D eigenvalue weighted by molar-refractivity contribution is -0.120. The predicted octanol–water partition coefficient (Wildman–Crippen LogP) is 9.19. The van der Waals surface area contributed by atoms with Gasteiger partial charge in [0.15, 0.2) is 0 Å². The van der Waals surface area contributed by atoms with E-state index in [1.165, 1.54) is 44.2 Å². The molecule has 0 N–H and O–H groups in total. The van der Waals surface area contributed by atoms with Gasteiger partial charge in [-0.1, -0.05) is 123 Å². The fraction of sp³-hybridized carbons (Fsp3) is 0.256. The molecule has 2 fully saturated rings. The molecule has 1 aliphatic carbocycles. The van der Waals surface area contributed by atoms with Crippen molar-refractivity contribution >= 4 is 21.5 Å². The van der Waals surface area contributed by atoms with Crippen LogP contribution in [0.4, 0.5) is 0 Å². The van der Waals surface area contributed by atoms with Gasteiger partial charge in [0.25, 0.3) is 0 Å². The van der Waals surface area contributed by atoms with Crippen LogP contribution in [0.5, 0.6) is 11.5 Å². The standard InChI is InChI=1S/C43H38O4/c1-41(23-44-24-41)27-46-39-21-9-13-31-33(39)15-7-19-37(31)43(35-17-5-3-11-29(35)30-12-4-6-18-36(30)43)38-20-8-16-34-32(38)14-10-22-40(34)47-28-42(2)25-45-26-42/h3-22H,23-28H2,1-2H3. The van der Waals surface area contributed by atoms with Gasteiger partial charge < -0.3 is 18.9 Å². The zero-order valence-corrected chi connectivity index (χ0v) is 26.9. The molecule has 0 atom stereocenters. The first-order chi connectivity index (χ1) is 23.0. The summed E-state index contributed by atoms with van der Waals surface area (Å²) in [4.78, 5) is 0. The van der Waals surface area contributed by atoms with Gasteiger partial charge in [0.05, 0.1) is 45.1 Å². The van der Waals surface area contributed by atoms with Crippen LogP contribution in [0.1, 0.15) is 36.1 Å². The molecule has 0 amide bonds. The van der Waals surface area contributed by atoms with Crippen LogP contribution in [-0.4, -0.2) is 39.6 Å². The molecule has 4 heteroatoms. The molecule has 0 spiro atoms. The van der Waals surface area contributed by atoms with Crippen LogP contribution in [0.2, 0.25) is 0 Å². The van der Waals surface area contributed by atoms with Gasteiger partial charge >= 0.3 is 0 Å². The average molecular weight is 619 g/mol. The topological polar surface area (TPSA) is 36.9 Å². The lowest BCUT2D eigenvalue weighted by Crippen LogP contribution is -2.44. The van der Waals surface area contributed by atoms with Crippen molar-refractivity contribution in [3.05, 3.63) is 144 Å². The first-order valence-electron chi connectivity index (χ1n) is 16.6. The van der Waals surface area contributed by atoms with E-state index in [2.05, 4.69) is 135 Å². The summed E-state index contributed by atoms with van der Waals surface area (Å²) in [5, 5.41) is 4.62. The largest absolute Gasteiger partial charge is 0.492 e. The highest BCUT2D eigenvalue weighted by molar-refractivity contribution is 6.00. The summed E-state index contributed by atoms with van der Waals surface area (Å²) < 4.78 is 24.2. The van der Waals surface area contributed by atoms with Crippen LogP contribution in [0.15, 0.2) is 121 Å². The highest BCUT2D eigenvalue weighted by Crippen LogP contribution is 2.58. The van der Waals surface area contributed by atoms with Crippen molar-refractivity contribution in [1.29, 1.82) is 0 Å². The fourth-order valence-corrected chi connectivity index (χ4v) is 8.00. The molecule has 2 heterocycles. The quantitative estimate of drug-likeness (QED) is 0.170. The van der Waals surface area contributed by atoms with E-state index in [1.54, 1.807) is 0 Å². The number of benzene rings is 6. The molecule has 234 valence electrons. The highest BCUT2D eigenvalue weighted by Gasteiger charge is 2.47. The summed E-state index contributed by atoms with van der Waals surface area (Å²) in [6.07, 6.45) is 0. The number of ether oxygens (including phenoxy) is 4. The van der Waals surface area contributed by atoms with E-state index < -0.39 is 5.41 Å². The Morgan fingerprint density at radius 1 is 0.447 bits per heavy atom. The number of fused-ring (bicyclic) bond motifs is 5. The van der Waals surface area contributed by atoms with E-state index in [0.29, 0.717) is 13.2 Å². The molecular weight excluding hydrogens is 580 g/mol. The first kappa shape index (κ1) is 28.6. The van der Waals surface area contributed by atoms with Crippen molar-refractivity contribution in [1.82, 2.24) is 0 Å². The summed E-state index contributed by atoms with van der Waals surface area (Å²) in [7, 11) is 0. The van der Waals surface area contributed by atoms with Gasteiger partial charge in [0.2, 0.25) is 0 Å². The van der Waals surface area contributed by atoms with Gasteiger partial charge in [0.1, 0.15) is 11.5 Å². The van der Waals surface area contributed by atoms with Crippen molar-refractivity contribution in [3.8, 4) is 22.6 Å². The Balaban J connectivity index is 1.30. The molecule has 2 saturated heterocycles. The van der Waals surface area contributed by atoms with E-state index in [0.717, 1.165) is 48.7 Å². The molecule has 6 aromatic carbocycles. The Labute approximate surface area is 275 Å². The maximum Gasteiger partial charge on any atom is 0.127 e. The van der Waals surface area contributed by atoms with Gasteiger partial charge in [0, 0.05) is 21.6 Å². The van der Waals surface area contributed by atoms with Gasteiger partial charge in [-0.05, 0) is 56.3 Å². The van der Waals surface area contributed by atoms with Crippen molar-refractivity contribution in [2.75, 3.05) is 39.6 Å². The minimum atomic E-state index is -0.578. The Kier molecular flexibility index (Phi) is 6.50. The van der Waals surface area contributed by atoms with Crippen molar-refractivity contribution < 1.29 is 18.9 Å². The molecular formula is C43H38O4. The third-order valence-electron chi connectivity index (χ3n) is 10.5. The molecule has 0 unspecified atom stereocenters. The van der Waals surface area contributed by atoms with E-state index in [1.807, 2.05) is 0 Å². The second kappa shape index (κ2) is 10.7. The summed E-state index contributed by atoms with van der Waals surface area (Å²) in [5.41, 5.74) is 7.13. The van der Waals surface area contributed by atoms with Gasteiger partial charge in [-0.25, -0.2) is 0 Å². The van der Waals surface area contributed by atoms with E-state index in [9.17, 15) is 0 Å². The third kappa shape index (κ3) is 4.35. The Morgan fingerprint density at radius 2 is 0.830 bits per heavy atom. The molecule has 9 rings (SSSR count). The molecule has 0 saturated carbocycles. The summed E-state index contributed by atoms with van der Waals surface area (Å²) in [5.74, 6) is 1.82. The van der Waals surface area contributed by atoms with Gasteiger partial charge in [-0.3, -0.25) is 0 Å². The average Bonchev–Trinajstić information content (AvgIpc) is 3.38. The van der Waals surface area contributed by atoms with Crippen LogP contribution in [-0.2, 0) is 14.9 Å².